The third-order valence-electron chi connectivity index (χ3n) is 2.57. The largest absolute Gasteiger partial charge is 0.591 e. The first kappa shape index (κ1) is 15.6. The van der Waals surface area contributed by atoms with Crippen LogP contribution in [0.3, 0.4) is 0 Å². The van der Waals surface area contributed by atoms with Gasteiger partial charge in [0.05, 0.1) is 10.6 Å². The molecule has 0 radical (unpaired) electrons. The molecule has 0 saturated carbocycles. The molecule has 0 saturated heterocycles. The van der Waals surface area contributed by atoms with Crippen LogP contribution in [0.25, 0.3) is 10.4 Å². The molecule has 0 amide bonds. The first-order valence-corrected chi connectivity index (χ1v) is 8.48. The second kappa shape index (κ2) is 6.31. The van der Waals surface area contributed by atoms with Crippen molar-refractivity contribution in [2.75, 3.05) is 0 Å². The van der Waals surface area contributed by atoms with Gasteiger partial charge in [0.25, 0.3) is 0 Å². The number of benzene rings is 1. The van der Waals surface area contributed by atoms with Crippen molar-refractivity contribution >= 4 is 40.5 Å². The summed E-state index contributed by atoms with van der Waals surface area (Å²) in [6.07, 6.45) is 1.67. The van der Waals surface area contributed by atoms with Crippen LogP contribution in [-0.2, 0) is 11.4 Å². The fraction of sp³-hybridized carbons (Fsp3) is 0.267. The Morgan fingerprint density at radius 2 is 2.00 bits per heavy atom. The van der Waals surface area contributed by atoms with Gasteiger partial charge in [-0.2, -0.15) is 0 Å². The second-order valence-corrected chi connectivity index (χ2v) is 8.97. The highest BCUT2D eigenvalue weighted by Crippen LogP contribution is 2.31. The average Bonchev–Trinajstić information content (AvgIpc) is 2.82. The van der Waals surface area contributed by atoms with Gasteiger partial charge < -0.3 is 4.55 Å². The van der Waals surface area contributed by atoms with Gasteiger partial charge in [-0.05, 0) is 50.1 Å². The molecule has 0 aliphatic heterocycles. The number of rotatable bonds is 3. The van der Waals surface area contributed by atoms with Crippen LogP contribution < -0.4 is 0 Å². The lowest BCUT2D eigenvalue weighted by atomic mass is 10.1. The third-order valence-corrected chi connectivity index (χ3v) is 5.19. The molecular weight excluding hydrogens is 310 g/mol. The maximum absolute atomic E-state index is 11.9. The molecule has 2 rings (SSSR count). The van der Waals surface area contributed by atoms with E-state index in [9.17, 15) is 4.55 Å². The number of halogens is 1. The molecule has 0 aliphatic carbocycles. The Hall–Kier alpha value is -0.810. The molecule has 0 aliphatic rings. The Morgan fingerprint density at radius 3 is 2.60 bits per heavy atom. The molecule has 1 atom stereocenters. The number of thiophene rings is 1. The van der Waals surface area contributed by atoms with Gasteiger partial charge >= 0.3 is 0 Å². The minimum atomic E-state index is -1.23. The first-order chi connectivity index (χ1) is 9.36. The van der Waals surface area contributed by atoms with Gasteiger partial charge in [-0.3, -0.25) is 0 Å². The Labute approximate surface area is 131 Å². The zero-order chi connectivity index (χ0) is 14.8. The molecule has 20 heavy (non-hydrogen) atoms. The van der Waals surface area contributed by atoms with Crippen LogP contribution in [0.15, 0.2) is 40.8 Å². The highest BCUT2D eigenvalue weighted by molar-refractivity contribution is 7.91. The standard InChI is InChI=1S/C15H16ClNOS2/c1-15(2,3)20(18)17-10-11-5-4-6-12(9-11)13-7-8-14(16)19-13/h4-10H,1-3H3. The normalized spacial score (nSPS) is 13.8. The van der Waals surface area contributed by atoms with E-state index in [-0.39, 0.29) is 4.75 Å². The minimum absolute atomic E-state index is 0.338. The van der Waals surface area contributed by atoms with Crippen LogP contribution >= 0.6 is 22.9 Å². The van der Waals surface area contributed by atoms with Crippen molar-refractivity contribution in [3.63, 3.8) is 0 Å². The number of hydrogen-bond acceptors (Lipinski definition) is 3. The second-order valence-electron chi connectivity index (χ2n) is 5.33. The monoisotopic (exact) mass is 325 g/mol. The summed E-state index contributed by atoms with van der Waals surface area (Å²) in [7, 11) is 0. The molecule has 5 heteroatoms. The van der Waals surface area contributed by atoms with Crippen LogP contribution in [0, 0.1) is 0 Å². The summed E-state index contributed by atoms with van der Waals surface area (Å²) in [6, 6.07) is 11.8. The molecule has 2 nitrogen and oxygen atoms in total. The van der Waals surface area contributed by atoms with Crippen molar-refractivity contribution < 1.29 is 4.55 Å². The lowest BCUT2D eigenvalue weighted by molar-refractivity contribution is 0.562. The lowest BCUT2D eigenvalue weighted by Gasteiger charge is -2.17. The summed E-state index contributed by atoms with van der Waals surface area (Å²) in [5, 5.41) is 0. The van der Waals surface area contributed by atoms with Crippen molar-refractivity contribution in [3.05, 3.63) is 46.3 Å². The van der Waals surface area contributed by atoms with E-state index in [1.807, 2.05) is 57.2 Å². The van der Waals surface area contributed by atoms with E-state index in [1.165, 1.54) is 11.3 Å². The third kappa shape index (κ3) is 4.09. The van der Waals surface area contributed by atoms with Gasteiger partial charge in [0, 0.05) is 4.88 Å². The Kier molecular flexibility index (Phi) is 4.91. The van der Waals surface area contributed by atoms with Crippen molar-refractivity contribution in [2.24, 2.45) is 4.40 Å². The maximum Gasteiger partial charge on any atom is 0.144 e. The van der Waals surface area contributed by atoms with Gasteiger partial charge in [0.2, 0.25) is 0 Å². The van der Waals surface area contributed by atoms with E-state index in [0.29, 0.717) is 0 Å². The summed E-state index contributed by atoms with van der Waals surface area (Å²) in [5.41, 5.74) is 2.03. The van der Waals surface area contributed by atoms with E-state index in [2.05, 4.69) is 4.40 Å². The summed E-state index contributed by atoms with van der Waals surface area (Å²) in [6.45, 7) is 5.72. The van der Waals surface area contributed by atoms with Crippen molar-refractivity contribution in [1.82, 2.24) is 0 Å². The molecule has 0 N–H and O–H groups in total. The predicted octanol–water partition coefficient (Wildman–Crippen LogP) is 4.95. The molecule has 1 aromatic carbocycles. The zero-order valence-corrected chi connectivity index (χ0v) is 14.0. The summed E-state index contributed by atoms with van der Waals surface area (Å²) >= 11 is 6.26. The van der Waals surface area contributed by atoms with Crippen LogP contribution in [0.5, 0.6) is 0 Å². The molecular formula is C15H16ClNOS2. The first-order valence-electron chi connectivity index (χ1n) is 6.18. The van der Waals surface area contributed by atoms with Crippen LogP contribution in [0.2, 0.25) is 4.34 Å². The summed E-state index contributed by atoms with van der Waals surface area (Å²) in [4.78, 5) is 1.11. The van der Waals surface area contributed by atoms with Gasteiger partial charge in [-0.1, -0.05) is 34.2 Å². The topological polar surface area (TPSA) is 35.4 Å². The molecule has 0 fully saturated rings. The van der Waals surface area contributed by atoms with Gasteiger partial charge in [-0.25, -0.2) is 0 Å². The Balaban J connectivity index is 2.20. The van der Waals surface area contributed by atoms with Crippen molar-refractivity contribution in [1.29, 1.82) is 0 Å². The molecule has 106 valence electrons. The number of nitrogens with zero attached hydrogens (tertiary/aromatic N) is 1. The van der Waals surface area contributed by atoms with Gasteiger partial charge in [-0.15, -0.1) is 11.3 Å². The average molecular weight is 326 g/mol. The quantitative estimate of drug-likeness (QED) is 0.581. The minimum Gasteiger partial charge on any atom is -0.591 e. The fourth-order valence-electron chi connectivity index (χ4n) is 1.51. The molecule has 0 spiro atoms. The highest BCUT2D eigenvalue weighted by atomic mass is 35.5. The molecule has 1 aromatic heterocycles. The highest BCUT2D eigenvalue weighted by Gasteiger charge is 2.25. The number of hydrogen-bond donors (Lipinski definition) is 0. The molecule has 0 bridgehead atoms. The van der Waals surface area contributed by atoms with E-state index < -0.39 is 11.4 Å². The molecule has 2 aromatic rings. The van der Waals surface area contributed by atoms with Crippen molar-refractivity contribution in [2.45, 2.75) is 25.5 Å². The van der Waals surface area contributed by atoms with Crippen LogP contribution in [0.1, 0.15) is 26.3 Å². The summed E-state index contributed by atoms with van der Waals surface area (Å²) < 4.78 is 16.5. The van der Waals surface area contributed by atoms with Gasteiger partial charge in [0.15, 0.2) is 0 Å². The lowest BCUT2D eigenvalue weighted by Crippen LogP contribution is -2.25. The van der Waals surface area contributed by atoms with E-state index >= 15 is 0 Å². The fourth-order valence-corrected chi connectivity index (χ4v) is 3.08. The summed E-state index contributed by atoms with van der Waals surface area (Å²) in [5.74, 6) is 0. The maximum atomic E-state index is 11.9. The SMILES string of the molecule is CC(C)(C)[S+]([O-])N=Cc1cccc(-c2ccc(Cl)s2)c1. The zero-order valence-electron chi connectivity index (χ0n) is 11.6. The smallest absolute Gasteiger partial charge is 0.144 e. The molecule has 1 unspecified atom stereocenters. The van der Waals surface area contributed by atoms with E-state index in [0.717, 1.165) is 20.3 Å². The van der Waals surface area contributed by atoms with Crippen LogP contribution in [-0.4, -0.2) is 15.5 Å². The van der Waals surface area contributed by atoms with E-state index in [1.54, 1.807) is 6.21 Å². The Morgan fingerprint density at radius 1 is 1.25 bits per heavy atom. The predicted molar refractivity (Wildman–Crippen MR) is 90.3 cm³/mol. The van der Waals surface area contributed by atoms with Crippen molar-refractivity contribution in [3.8, 4) is 10.4 Å². The Bertz CT molecular complexity index is 616. The molecule has 1 heterocycles. The van der Waals surface area contributed by atoms with Crippen LogP contribution in [0.4, 0.5) is 0 Å². The van der Waals surface area contributed by atoms with Gasteiger partial charge in [0.1, 0.15) is 16.1 Å². The van der Waals surface area contributed by atoms with E-state index in [4.69, 9.17) is 11.6 Å².